The van der Waals surface area contributed by atoms with Crippen LogP contribution in [-0.4, -0.2) is 49.1 Å². The highest BCUT2D eigenvalue weighted by Crippen LogP contribution is 2.16. The molecular weight excluding hydrogens is 356 g/mol. The Morgan fingerprint density at radius 2 is 1.86 bits per heavy atom. The average Bonchev–Trinajstić information content (AvgIpc) is 2.70. The third-order valence-corrected chi connectivity index (χ3v) is 4.64. The molecule has 2 aromatic carbocycles. The maximum Gasteiger partial charge on any atom is 0.254 e. The van der Waals surface area contributed by atoms with Gasteiger partial charge in [-0.15, -0.1) is 0 Å². The Morgan fingerprint density at radius 3 is 2.50 bits per heavy atom. The molecule has 1 heterocycles. The topological polar surface area (TPSA) is 67.9 Å². The molecule has 2 amide bonds. The van der Waals surface area contributed by atoms with Gasteiger partial charge in [-0.1, -0.05) is 12.1 Å². The minimum atomic E-state index is -0.106. The summed E-state index contributed by atoms with van der Waals surface area (Å²) in [7, 11) is 0. The number of ether oxygens (including phenoxy) is 2. The van der Waals surface area contributed by atoms with Crippen LogP contribution in [0.1, 0.15) is 29.8 Å². The predicted molar refractivity (Wildman–Crippen MR) is 108 cm³/mol. The van der Waals surface area contributed by atoms with E-state index in [1.165, 1.54) is 0 Å². The molecule has 0 aliphatic carbocycles. The summed E-state index contributed by atoms with van der Waals surface area (Å²) in [6.07, 6.45) is 0.276. The van der Waals surface area contributed by atoms with Gasteiger partial charge in [-0.25, -0.2) is 0 Å². The monoisotopic (exact) mass is 382 g/mol. The Labute approximate surface area is 165 Å². The van der Waals surface area contributed by atoms with Gasteiger partial charge >= 0.3 is 0 Å². The molecule has 2 aromatic rings. The second kappa shape index (κ2) is 9.37. The fraction of sp³-hybridized carbons (Fsp3) is 0.364. The van der Waals surface area contributed by atoms with Crippen LogP contribution in [0.2, 0.25) is 0 Å². The van der Waals surface area contributed by atoms with Crippen LogP contribution >= 0.6 is 0 Å². The summed E-state index contributed by atoms with van der Waals surface area (Å²) < 4.78 is 10.8. The summed E-state index contributed by atoms with van der Waals surface area (Å²) in [5, 5.41) is 2.87. The van der Waals surface area contributed by atoms with E-state index < -0.39 is 0 Å². The average molecular weight is 382 g/mol. The number of rotatable bonds is 6. The van der Waals surface area contributed by atoms with Crippen molar-refractivity contribution in [1.82, 2.24) is 4.90 Å². The lowest BCUT2D eigenvalue weighted by atomic mass is 10.1. The van der Waals surface area contributed by atoms with Gasteiger partial charge in [0.25, 0.3) is 5.91 Å². The number of hydrogen-bond acceptors (Lipinski definition) is 4. The molecule has 6 heteroatoms. The molecule has 3 rings (SSSR count). The largest absolute Gasteiger partial charge is 0.494 e. The van der Waals surface area contributed by atoms with Crippen LogP contribution in [0.3, 0.4) is 0 Å². The lowest BCUT2D eigenvalue weighted by molar-refractivity contribution is -0.115. The SMILES string of the molecule is CCOc1ccc(CC(=O)Nc2ccc(C(=O)N3CCOCC3C)cc2)cc1. The summed E-state index contributed by atoms with van der Waals surface area (Å²) in [5.74, 6) is 0.676. The van der Waals surface area contributed by atoms with Crippen molar-refractivity contribution in [3.8, 4) is 5.75 Å². The summed E-state index contributed by atoms with van der Waals surface area (Å²) >= 11 is 0. The van der Waals surface area contributed by atoms with Gasteiger partial charge in [0.2, 0.25) is 5.91 Å². The number of morpholine rings is 1. The van der Waals surface area contributed by atoms with E-state index in [0.717, 1.165) is 11.3 Å². The third kappa shape index (κ3) is 5.10. The normalized spacial score (nSPS) is 16.5. The lowest BCUT2D eigenvalue weighted by Gasteiger charge is -2.33. The molecule has 1 atom stereocenters. The van der Waals surface area contributed by atoms with E-state index in [-0.39, 0.29) is 24.3 Å². The van der Waals surface area contributed by atoms with Crippen molar-refractivity contribution in [3.05, 3.63) is 59.7 Å². The second-order valence-corrected chi connectivity index (χ2v) is 6.80. The molecule has 0 saturated carbocycles. The van der Waals surface area contributed by atoms with E-state index in [9.17, 15) is 9.59 Å². The zero-order valence-electron chi connectivity index (χ0n) is 16.3. The molecule has 0 bridgehead atoms. The quantitative estimate of drug-likeness (QED) is 0.834. The Hall–Kier alpha value is -2.86. The molecule has 1 unspecified atom stereocenters. The van der Waals surface area contributed by atoms with Gasteiger partial charge < -0.3 is 19.7 Å². The van der Waals surface area contributed by atoms with Crippen LogP contribution in [-0.2, 0) is 16.0 Å². The number of anilines is 1. The van der Waals surface area contributed by atoms with E-state index >= 15 is 0 Å². The first-order valence-corrected chi connectivity index (χ1v) is 9.57. The Bertz CT molecular complexity index is 802. The maximum atomic E-state index is 12.6. The standard InChI is InChI=1S/C22H26N2O4/c1-3-28-20-10-4-17(5-11-20)14-21(25)23-19-8-6-18(7-9-19)22(26)24-12-13-27-15-16(24)2/h4-11,16H,3,12-15H2,1-2H3,(H,23,25). The molecule has 0 radical (unpaired) electrons. The smallest absolute Gasteiger partial charge is 0.254 e. The van der Waals surface area contributed by atoms with Gasteiger partial charge in [-0.3, -0.25) is 9.59 Å². The van der Waals surface area contributed by atoms with E-state index in [4.69, 9.17) is 9.47 Å². The van der Waals surface area contributed by atoms with Gasteiger partial charge in [-0.05, 0) is 55.8 Å². The van der Waals surface area contributed by atoms with Crippen LogP contribution in [0.15, 0.2) is 48.5 Å². The summed E-state index contributed by atoms with van der Waals surface area (Å²) in [4.78, 5) is 26.7. The van der Waals surface area contributed by atoms with Crippen molar-refractivity contribution in [2.45, 2.75) is 26.3 Å². The number of nitrogens with zero attached hydrogens (tertiary/aromatic N) is 1. The first kappa shape index (κ1) is 19.9. The fourth-order valence-electron chi connectivity index (χ4n) is 3.15. The number of carbonyl (C=O) groups is 2. The molecule has 0 aromatic heterocycles. The number of amides is 2. The molecule has 1 aliphatic rings. The Kier molecular flexibility index (Phi) is 6.66. The number of nitrogens with one attached hydrogen (secondary N) is 1. The van der Waals surface area contributed by atoms with Gasteiger partial charge in [0, 0.05) is 17.8 Å². The number of benzene rings is 2. The Morgan fingerprint density at radius 1 is 1.14 bits per heavy atom. The van der Waals surface area contributed by atoms with Crippen LogP contribution in [0.4, 0.5) is 5.69 Å². The van der Waals surface area contributed by atoms with Crippen LogP contribution in [0.25, 0.3) is 0 Å². The zero-order chi connectivity index (χ0) is 19.9. The first-order valence-electron chi connectivity index (χ1n) is 9.57. The van der Waals surface area contributed by atoms with Crippen molar-refractivity contribution in [1.29, 1.82) is 0 Å². The van der Waals surface area contributed by atoms with Gasteiger partial charge in [0.05, 0.1) is 32.3 Å². The summed E-state index contributed by atoms with van der Waals surface area (Å²) in [6.45, 7) is 6.25. The molecule has 148 valence electrons. The highest BCUT2D eigenvalue weighted by atomic mass is 16.5. The van der Waals surface area contributed by atoms with Crippen molar-refractivity contribution in [3.63, 3.8) is 0 Å². The fourth-order valence-corrected chi connectivity index (χ4v) is 3.15. The lowest BCUT2D eigenvalue weighted by Crippen LogP contribution is -2.47. The first-order chi connectivity index (χ1) is 13.6. The van der Waals surface area contributed by atoms with E-state index in [1.54, 1.807) is 24.3 Å². The molecule has 1 fully saturated rings. The van der Waals surface area contributed by atoms with Crippen LogP contribution in [0, 0.1) is 0 Å². The molecular formula is C22H26N2O4. The summed E-state index contributed by atoms with van der Waals surface area (Å²) in [6, 6.07) is 14.6. The van der Waals surface area contributed by atoms with Gasteiger partial charge in [0.1, 0.15) is 5.75 Å². The van der Waals surface area contributed by atoms with Crippen molar-refractivity contribution in [2.75, 3.05) is 31.7 Å². The predicted octanol–water partition coefficient (Wildman–Crippen LogP) is 3.13. The minimum Gasteiger partial charge on any atom is -0.494 e. The van der Waals surface area contributed by atoms with E-state index in [2.05, 4.69) is 5.32 Å². The minimum absolute atomic E-state index is 0.0111. The van der Waals surface area contributed by atoms with Crippen molar-refractivity contribution in [2.24, 2.45) is 0 Å². The van der Waals surface area contributed by atoms with E-state index in [1.807, 2.05) is 43.0 Å². The molecule has 1 saturated heterocycles. The second-order valence-electron chi connectivity index (χ2n) is 6.80. The maximum absolute atomic E-state index is 12.6. The van der Waals surface area contributed by atoms with Gasteiger partial charge in [0.15, 0.2) is 0 Å². The van der Waals surface area contributed by atoms with Crippen molar-refractivity contribution < 1.29 is 19.1 Å². The number of hydrogen-bond donors (Lipinski definition) is 1. The molecule has 28 heavy (non-hydrogen) atoms. The van der Waals surface area contributed by atoms with E-state index in [0.29, 0.717) is 37.6 Å². The third-order valence-electron chi connectivity index (χ3n) is 4.64. The van der Waals surface area contributed by atoms with Crippen LogP contribution < -0.4 is 10.1 Å². The van der Waals surface area contributed by atoms with Crippen LogP contribution in [0.5, 0.6) is 5.75 Å². The van der Waals surface area contributed by atoms with Gasteiger partial charge in [-0.2, -0.15) is 0 Å². The Balaban J connectivity index is 1.56. The molecule has 1 N–H and O–H groups in total. The molecule has 1 aliphatic heterocycles. The molecule has 0 spiro atoms. The highest BCUT2D eigenvalue weighted by molar-refractivity contribution is 5.96. The molecule has 6 nitrogen and oxygen atoms in total. The van der Waals surface area contributed by atoms with Crippen molar-refractivity contribution >= 4 is 17.5 Å². The zero-order valence-corrected chi connectivity index (χ0v) is 16.3. The summed E-state index contributed by atoms with van der Waals surface area (Å²) in [5.41, 5.74) is 2.19. The highest BCUT2D eigenvalue weighted by Gasteiger charge is 2.24. The number of carbonyl (C=O) groups excluding carboxylic acids is 2.